The van der Waals surface area contributed by atoms with Gasteiger partial charge in [0.2, 0.25) is 12.4 Å². The number of aromatic nitrogens is 1. The van der Waals surface area contributed by atoms with Crippen LogP contribution in [0.4, 0.5) is 10.1 Å². The summed E-state index contributed by atoms with van der Waals surface area (Å²) in [7, 11) is 1.00. The van der Waals surface area contributed by atoms with Crippen molar-refractivity contribution in [2.75, 3.05) is 31.6 Å². The zero-order valence-corrected chi connectivity index (χ0v) is 16.7. The second-order valence-electron chi connectivity index (χ2n) is 7.70. The van der Waals surface area contributed by atoms with Gasteiger partial charge in [0.05, 0.1) is 5.69 Å². The van der Waals surface area contributed by atoms with Crippen LogP contribution in [0.2, 0.25) is 0 Å². The van der Waals surface area contributed by atoms with Gasteiger partial charge >= 0.3 is 0 Å². The van der Waals surface area contributed by atoms with Crippen molar-refractivity contribution in [3.63, 3.8) is 0 Å². The minimum Gasteiger partial charge on any atom is -0.400 e. The topological polar surface area (TPSA) is 56.7 Å². The number of aliphatic hydroxyl groups excluding tert-OH is 1. The van der Waals surface area contributed by atoms with Crippen LogP contribution in [0.1, 0.15) is 56.9 Å². The molecule has 0 radical (unpaired) electrons. The molecule has 0 aromatic carbocycles. The van der Waals surface area contributed by atoms with Crippen molar-refractivity contribution in [2.24, 2.45) is 5.92 Å². The Morgan fingerprint density at radius 2 is 2.00 bits per heavy atom. The second-order valence-corrected chi connectivity index (χ2v) is 7.70. The van der Waals surface area contributed by atoms with Gasteiger partial charge in [-0.3, -0.25) is 4.79 Å². The monoisotopic (exact) mass is 379 g/mol. The Morgan fingerprint density at radius 3 is 2.70 bits per heavy atom. The zero-order chi connectivity index (χ0) is 19.6. The molecule has 1 saturated carbocycles. The van der Waals surface area contributed by atoms with E-state index in [9.17, 15) is 9.18 Å². The van der Waals surface area contributed by atoms with Crippen LogP contribution in [0.25, 0.3) is 0 Å². The minimum atomic E-state index is -0.372. The highest BCUT2D eigenvalue weighted by molar-refractivity contribution is 5.48. The molecule has 2 fully saturated rings. The normalized spacial score (nSPS) is 20.6. The SMILES string of the molecule is CO.Cc1cnc(F)c(N2CCCC(CCN(C=O)C3CCCCC3)C2)c1. The molecule has 2 heterocycles. The van der Waals surface area contributed by atoms with E-state index in [-0.39, 0.29) is 5.95 Å². The van der Waals surface area contributed by atoms with Gasteiger partial charge in [-0.15, -0.1) is 0 Å². The Bertz CT molecular complexity index is 579. The number of hydrogen-bond donors (Lipinski definition) is 1. The maximum atomic E-state index is 14.1. The molecule has 1 aliphatic heterocycles. The first-order valence-corrected chi connectivity index (χ1v) is 10.2. The molecule has 1 unspecified atom stereocenters. The molecule has 2 aliphatic rings. The molecule has 5 nitrogen and oxygen atoms in total. The van der Waals surface area contributed by atoms with Gasteiger partial charge in [-0.1, -0.05) is 19.3 Å². The quantitative estimate of drug-likeness (QED) is 0.607. The fraction of sp³-hybridized carbons (Fsp3) is 0.714. The van der Waals surface area contributed by atoms with E-state index in [2.05, 4.69) is 9.88 Å². The smallest absolute Gasteiger partial charge is 0.236 e. The number of anilines is 1. The van der Waals surface area contributed by atoms with Gasteiger partial charge in [0.15, 0.2) is 0 Å². The molecule has 1 aromatic heterocycles. The molecule has 1 N–H and O–H groups in total. The van der Waals surface area contributed by atoms with E-state index in [1.807, 2.05) is 17.9 Å². The van der Waals surface area contributed by atoms with E-state index in [0.717, 1.165) is 70.8 Å². The van der Waals surface area contributed by atoms with Gasteiger partial charge in [0.25, 0.3) is 0 Å². The predicted octanol–water partition coefficient (Wildman–Crippen LogP) is 3.54. The summed E-state index contributed by atoms with van der Waals surface area (Å²) >= 11 is 0. The van der Waals surface area contributed by atoms with Crippen LogP contribution in [-0.2, 0) is 4.79 Å². The summed E-state index contributed by atoms with van der Waals surface area (Å²) < 4.78 is 14.1. The van der Waals surface area contributed by atoms with Crippen LogP contribution in [0.5, 0.6) is 0 Å². The number of halogens is 1. The van der Waals surface area contributed by atoms with Crippen LogP contribution < -0.4 is 4.90 Å². The molecule has 1 aliphatic carbocycles. The third-order valence-electron chi connectivity index (χ3n) is 5.79. The number of hydrogen-bond acceptors (Lipinski definition) is 4. The van der Waals surface area contributed by atoms with Crippen LogP contribution in [0.3, 0.4) is 0 Å². The third-order valence-corrected chi connectivity index (χ3v) is 5.79. The number of nitrogens with zero attached hydrogens (tertiary/aromatic N) is 3. The molecule has 0 spiro atoms. The van der Waals surface area contributed by atoms with Crippen molar-refractivity contribution < 1.29 is 14.3 Å². The van der Waals surface area contributed by atoms with E-state index in [4.69, 9.17) is 5.11 Å². The minimum absolute atomic E-state index is 0.372. The number of aryl methyl sites for hydroxylation is 1. The van der Waals surface area contributed by atoms with Crippen molar-refractivity contribution in [3.8, 4) is 0 Å². The molecule has 0 bridgehead atoms. The van der Waals surface area contributed by atoms with Gasteiger partial charge in [-0.2, -0.15) is 4.39 Å². The molecule has 27 heavy (non-hydrogen) atoms. The highest BCUT2D eigenvalue weighted by Crippen LogP contribution is 2.28. The van der Waals surface area contributed by atoms with Crippen molar-refractivity contribution in [2.45, 2.75) is 64.3 Å². The first-order chi connectivity index (χ1) is 13.2. The number of carbonyl (C=O) groups is 1. The van der Waals surface area contributed by atoms with Crippen LogP contribution in [-0.4, -0.2) is 54.2 Å². The first kappa shape index (κ1) is 21.6. The Labute approximate surface area is 162 Å². The summed E-state index contributed by atoms with van der Waals surface area (Å²) in [5.41, 5.74) is 1.62. The Hall–Kier alpha value is -1.69. The molecular weight excluding hydrogens is 345 g/mol. The summed E-state index contributed by atoms with van der Waals surface area (Å²) in [6, 6.07) is 2.33. The summed E-state index contributed by atoms with van der Waals surface area (Å²) in [5.74, 6) is 0.141. The molecule has 1 aromatic rings. The number of rotatable bonds is 6. The first-order valence-electron chi connectivity index (χ1n) is 10.2. The molecule has 1 amide bonds. The molecule has 6 heteroatoms. The second kappa shape index (κ2) is 11.2. The van der Waals surface area contributed by atoms with Crippen LogP contribution in [0, 0.1) is 18.8 Å². The largest absolute Gasteiger partial charge is 0.400 e. The van der Waals surface area contributed by atoms with Crippen LogP contribution in [0.15, 0.2) is 12.3 Å². The highest BCUT2D eigenvalue weighted by Gasteiger charge is 2.25. The average molecular weight is 380 g/mol. The summed E-state index contributed by atoms with van der Waals surface area (Å²) in [6.45, 7) is 4.53. The molecular formula is C21H34FN3O2. The maximum Gasteiger partial charge on any atom is 0.236 e. The summed E-state index contributed by atoms with van der Waals surface area (Å²) in [6.07, 6.45) is 11.9. The molecule has 152 valence electrons. The van der Waals surface area contributed by atoms with E-state index >= 15 is 0 Å². The lowest BCUT2D eigenvalue weighted by atomic mass is 9.92. The molecule has 3 rings (SSSR count). The Kier molecular flexibility index (Phi) is 8.98. The standard InChI is InChI=1S/C20H30FN3O.CH4O/c1-16-12-19(20(21)22-13-16)23-10-5-6-17(14-23)9-11-24(15-25)18-7-3-2-4-8-18;1-2/h12-13,15,17-18H,2-11,14H2,1H3;2H,1H3. The fourth-order valence-corrected chi connectivity index (χ4v) is 4.34. The summed E-state index contributed by atoms with van der Waals surface area (Å²) in [5, 5.41) is 7.00. The van der Waals surface area contributed by atoms with Gasteiger partial charge in [0.1, 0.15) is 0 Å². The van der Waals surface area contributed by atoms with E-state index in [0.29, 0.717) is 17.6 Å². The molecule has 1 saturated heterocycles. The number of amides is 1. The zero-order valence-electron chi connectivity index (χ0n) is 16.7. The highest BCUT2D eigenvalue weighted by atomic mass is 19.1. The average Bonchev–Trinajstić information content (AvgIpc) is 2.73. The Balaban J connectivity index is 0.00000126. The lowest BCUT2D eigenvalue weighted by Gasteiger charge is -2.36. The van der Waals surface area contributed by atoms with Crippen molar-refractivity contribution >= 4 is 12.1 Å². The number of carbonyl (C=O) groups excluding carboxylic acids is 1. The predicted molar refractivity (Wildman–Crippen MR) is 106 cm³/mol. The van der Waals surface area contributed by atoms with E-state index in [1.54, 1.807) is 6.20 Å². The number of piperidine rings is 1. The van der Waals surface area contributed by atoms with Gasteiger partial charge < -0.3 is 14.9 Å². The van der Waals surface area contributed by atoms with Crippen molar-refractivity contribution in [1.29, 1.82) is 0 Å². The van der Waals surface area contributed by atoms with Crippen molar-refractivity contribution in [1.82, 2.24) is 9.88 Å². The third kappa shape index (κ3) is 6.16. The fourth-order valence-electron chi connectivity index (χ4n) is 4.34. The lowest BCUT2D eigenvalue weighted by molar-refractivity contribution is -0.121. The van der Waals surface area contributed by atoms with E-state index in [1.165, 1.54) is 19.3 Å². The summed E-state index contributed by atoms with van der Waals surface area (Å²) in [4.78, 5) is 19.5. The van der Waals surface area contributed by atoms with Crippen molar-refractivity contribution in [3.05, 3.63) is 23.8 Å². The maximum absolute atomic E-state index is 14.1. The molecule has 1 atom stereocenters. The van der Waals surface area contributed by atoms with Gasteiger partial charge in [-0.05, 0) is 56.6 Å². The van der Waals surface area contributed by atoms with Gasteiger partial charge in [-0.25, -0.2) is 4.98 Å². The van der Waals surface area contributed by atoms with Gasteiger partial charge in [0, 0.05) is 39.0 Å². The lowest BCUT2D eigenvalue weighted by Crippen LogP contribution is -2.40. The Morgan fingerprint density at radius 1 is 1.26 bits per heavy atom. The number of aliphatic hydroxyl groups is 1. The van der Waals surface area contributed by atoms with Crippen LogP contribution >= 0.6 is 0 Å². The van der Waals surface area contributed by atoms with E-state index < -0.39 is 0 Å². The number of pyridine rings is 1.